The van der Waals surface area contributed by atoms with Gasteiger partial charge < -0.3 is 5.11 Å². The Hall–Kier alpha value is -0.0400. The highest BCUT2D eigenvalue weighted by molar-refractivity contribution is 4.61. The molecule has 1 nitrogen and oxygen atoms in total. The van der Waals surface area contributed by atoms with Crippen LogP contribution in [-0.4, -0.2) is 11.7 Å². The molecule has 0 unspecified atom stereocenters. The topological polar surface area (TPSA) is 20.2 Å². The lowest BCUT2D eigenvalue weighted by Gasteiger charge is -2.17. The van der Waals surface area contributed by atoms with Crippen molar-refractivity contribution < 1.29 is 5.11 Å². The van der Waals surface area contributed by atoms with Gasteiger partial charge in [-0.3, -0.25) is 0 Å². The molecule has 0 aliphatic carbocycles. The van der Waals surface area contributed by atoms with Crippen molar-refractivity contribution in [2.24, 2.45) is 5.92 Å². The van der Waals surface area contributed by atoms with E-state index in [0.717, 1.165) is 12.3 Å². The van der Waals surface area contributed by atoms with E-state index in [-0.39, 0.29) is 0 Å². The van der Waals surface area contributed by atoms with E-state index in [4.69, 9.17) is 5.11 Å². The molecule has 0 saturated carbocycles. The molecule has 0 radical (unpaired) electrons. The van der Waals surface area contributed by atoms with Crippen molar-refractivity contribution >= 4 is 0 Å². The Kier molecular flexibility index (Phi) is 17.0. The molecule has 0 amide bonds. The zero-order chi connectivity index (χ0) is 14.9. The van der Waals surface area contributed by atoms with Crippen LogP contribution in [-0.2, 0) is 0 Å². The van der Waals surface area contributed by atoms with E-state index >= 15 is 0 Å². The Bertz CT molecular complexity index is 155. The number of hydrogen-bond donors (Lipinski definition) is 1. The second-order valence-corrected chi connectivity index (χ2v) is 6.49. The quantitative estimate of drug-likeness (QED) is 0.321. The second-order valence-electron chi connectivity index (χ2n) is 6.49. The zero-order valence-corrected chi connectivity index (χ0v) is 14.3. The number of aliphatic hydroxyl groups is 1. The molecule has 0 fully saturated rings. The Morgan fingerprint density at radius 3 is 1.35 bits per heavy atom. The van der Waals surface area contributed by atoms with Crippen molar-refractivity contribution in [2.75, 3.05) is 6.61 Å². The first-order valence-corrected chi connectivity index (χ1v) is 9.46. The highest BCUT2D eigenvalue weighted by atomic mass is 16.2. The molecule has 1 heteroatoms. The first-order valence-electron chi connectivity index (χ1n) is 9.46. The molecular formula is C19H40O. The Morgan fingerprint density at radius 2 is 0.950 bits per heavy atom. The lowest BCUT2D eigenvalue weighted by molar-refractivity contribution is 0.280. The fourth-order valence-corrected chi connectivity index (χ4v) is 3.05. The van der Waals surface area contributed by atoms with Gasteiger partial charge in [-0.25, -0.2) is 0 Å². The van der Waals surface area contributed by atoms with Crippen molar-refractivity contribution in [1.82, 2.24) is 0 Å². The molecule has 0 aliphatic rings. The molecule has 0 aromatic rings. The SMILES string of the molecule is CCCCCCC(CCCCCC)CCCCCCO. The number of aliphatic hydroxyl groups excluding tert-OH is 1. The molecule has 0 rings (SSSR count). The van der Waals surface area contributed by atoms with Crippen molar-refractivity contribution in [3.8, 4) is 0 Å². The third-order valence-electron chi connectivity index (χ3n) is 4.45. The summed E-state index contributed by atoms with van der Waals surface area (Å²) in [5.74, 6) is 0.984. The van der Waals surface area contributed by atoms with Crippen LogP contribution in [0.4, 0.5) is 0 Å². The second kappa shape index (κ2) is 17.0. The minimum Gasteiger partial charge on any atom is -0.396 e. The Balaban J connectivity index is 3.67. The van der Waals surface area contributed by atoms with Crippen molar-refractivity contribution in [3.05, 3.63) is 0 Å². The molecule has 0 spiro atoms. The standard InChI is InChI=1S/C19H40O/c1-3-5-7-11-15-19(16-12-8-6-4-2)17-13-9-10-14-18-20/h19-20H,3-18H2,1-2H3. The molecular weight excluding hydrogens is 244 g/mol. The minimum atomic E-state index is 0.372. The molecule has 1 N–H and O–H groups in total. The van der Waals surface area contributed by atoms with E-state index in [2.05, 4.69) is 13.8 Å². The van der Waals surface area contributed by atoms with E-state index < -0.39 is 0 Å². The first kappa shape index (κ1) is 20.0. The molecule has 0 atom stereocenters. The lowest BCUT2D eigenvalue weighted by atomic mass is 9.90. The first-order chi connectivity index (χ1) is 9.85. The van der Waals surface area contributed by atoms with Gasteiger partial charge in [0.25, 0.3) is 0 Å². The van der Waals surface area contributed by atoms with Crippen molar-refractivity contribution in [1.29, 1.82) is 0 Å². The van der Waals surface area contributed by atoms with Crippen LogP contribution >= 0.6 is 0 Å². The highest BCUT2D eigenvalue weighted by Crippen LogP contribution is 2.24. The van der Waals surface area contributed by atoms with Gasteiger partial charge in [-0.15, -0.1) is 0 Å². The Morgan fingerprint density at radius 1 is 0.550 bits per heavy atom. The number of rotatable bonds is 16. The summed E-state index contributed by atoms with van der Waals surface area (Å²) in [7, 11) is 0. The van der Waals surface area contributed by atoms with E-state index in [9.17, 15) is 0 Å². The highest BCUT2D eigenvalue weighted by Gasteiger charge is 2.08. The maximum absolute atomic E-state index is 8.81. The van der Waals surface area contributed by atoms with E-state index in [0.29, 0.717) is 6.61 Å². The van der Waals surface area contributed by atoms with Gasteiger partial charge in [0, 0.05) is 6.61 Å². The smallest absolute Gasteiger partial charge is 0.0431 e. The fourth-order valence-electron chi connectivity index (χ4n) is 3.05. The predicted octanol–water partition coefficient (Wildman–Crippen LogP) is 6.49. The summed E-state index contributed by atoms with van der Waals surface area (Å²) in [5, 5.41) is 8.81. The van der Waals surface area contributed by atoms with Gasteiger partial charge in [0.2, 0.25) is 0 Å². The van der Waals surface area contributed by atoms with Gasteiger partial charge in [0.15, 0.2) is 0 Å². The number of unbranched alkanes of at least 4 members (excludes halogenated alkanes) is 9. The molecule has 0 aliphatic heterocycles. The average Bonchev–Trinajstić information content (AvgIpc) is 2.47. The van der Waals surface area contributed by atoms with E-state index in [1.54, 1.807) is 0 Å². The summed E-state index contributed by atoms with van der Waals surface area (Å²) in [6.45, 7) is 4.96. The van der Waals surface area contributed by atoms with Gasteiger partial charge >= 0.3 is 0 Å². The molecule has 0 bridgehead atoms. The van der Waals surface area contributed by atoms with Crippen LogP contribution in [0, 0.1) is 5.92 Å². The van der Waals surface area contributed by atoms with Crippen LogP contribution < -0.4 is 0 Å². The summed E-state index contributed by atoms with van der Waals surface area (Å²) < 4.78 is 0. The molecule has 0 saturated heterocycles. The van der Waals surface area contributed by atoms with Gasteiger partial charge in [0.05, 0.1) is 0 Å². The van der Waals surface area contributed by atoms with E-state index in [1.807, 2.05) is 0 Å². The average molecular weight is 285 g/mol. The summed E-state index contributed by atoms with van der Waals surface area (Å²) in [6.07, 6.45) is 20.6. The van der Waals surface area contributed by atoms with Crippen LogP contribution in [0.15, 0.2) is 0 Å². The summed E-state index contributed by atoms with van der Waals surface area (Å²) in [4.78, 5) is 0. The largest absolute Gasteiger partial charge is 0.396 e. The maximum atomic E-state index is 8.81. The normalized spacial score (nSPS) is 11.4. The molecule has 122 valence electrons. The summed E-state index contributed by atoms with van der Waals surface area (Å²) in [6, 6.07) is 0. The zero-order valence-electron chi connectivity index (χ0n) is 14.3. The van der Waals surface area contributed by atoms with Crippen LogP contribution in [0.25, 0.3) is 0 Å². The van der Waals surface area contributed by atoms with Crippen LogP contribution in [0.3, 0.4) is 0 Å². The van der Waals surface area contributed by atoms with Gasteiger partial charge in [0.1, 0.15) is 0 Å². The molecule has 0 heterocycles. The van der Waals surface area contributed by atoms with Crippen LogP contribution in [0.2, 0.25) is 0 Å². The number of hydrogen-bond acceptors (Lipinski definition) is 1. The van der Waals surface area contributed by atoms with E-state index in [1.165, 1.54) is 89.9 Å². The molecule has 0 aromatic carbocycles. The molecule has 0 aromatic heterocycles. The third-order valence-corrected chi connectivity index (χ3v) is 4.45. The van der Waals surface area contributed by atoms with Gasteiger partial charge in [-0.05, 0) is 12.3 Å². The van der Waals surface area contributed by atoms with Crippen molar-refractivity contribution in [2.45, 2.75) is 110 Å². The fraction of sp³-hybridized carbons (Fsp3) is 1.00. The van der Waals surface area contributed by atoms with Crippen LogP contribution in [0.5, 0.6) is 0 Å². The monoisotopic (exact) mass is 284 g/mol. The third kappa shape index (κ3) is 14.4. The summed E-state index contributed by atoms with van der Waals surface area (Å²) >= 11 is 0. The predicted molar refractivity (Wildman–Crippen MR) is 91.2 cm³/mol. The Labute approximate surface area is 128 Å². The minimum absolute atomic E-state index is 0.372. The van der Waals surface area contributed by atoms with Gasteiger partial charge in [-0.2, -0.15) is 0 Å². The van der Waals surface area contributed by atoms with Gasteiger partial charge in [-0.1, -0.05) is 104 Å². The lowest BCUT2D eigenvalue weighted by Crippen LogP contribution is -2.01. The maximum Gasteiger partial charge on any atom is 0.0431 e. The van der Waals surface area contributed by atoms with Crippen LogP contribution in [0.1, 0.15) is 110 Å². The molecule has 20 heavy (non-hydrogen) atoms. The van der Waals surface area contributed by atoms with Crippen molar-refractivity contribution in [3.63, 3.8) is 0 Å². The summed E-state index contributed by atoms with van der Waals surface area (Å²) in [5.41, 5.74) is 0.